The number of rotatable bonds is 8. The van der Waals surface area contributed by atoms with Crippen LogP contribution in [0, 0.1) is 20.8 Å². The van der Waals surface area contributed by atoms with Gasteiger partial charge in [0.1, 0.15) is 0 Å². The minimum Gasteiger partial charge on any atom is -0.325 e. The molecule has 0 bridgehead atoms. The number of hydrogen-bond acceptors (Lipinski definition) is 3. The molecule has 0 aliphatic rings. The largest absolute Gasteiger partial charge is 0.325 e. The van der Waals surface area contributed by atoms with Crippen molar-refractivity contribution in [1.82, 2.24) is 4.90 Å². The van der Waals surface area contributed by atoms with E-state index in [9.17, 15) is 9.59 Å². The van der Waals surface area contributed by atoms with Crippen LogP contribution in [0.5, 0.6) is 0 Å². The number of nitrogens with one attached hydrogen (secondary N) is 2. The van der Waals surface area contributed by atoms with E-state index in [4.69, 9.17) is 0 Å². The van der Waals surface area contributed by atoms with E-state index in [2.05, 4.69) is 36.6 Å². The van der Waals surface area contributed by atoms with Gasteiger partial charge in [-0.05, 0) is 62.9 Å². The molecule has 0 aliphatic carbocycles. The summed E-state index contributed by atoms with van der Waals surface area (Å²) in [7, 11) is 1.77. The SMILES string of the molecule is CC[C@H](C)c1ccccc1NC(=O)CN(C)CC(=O)Nc1c(C)cc(C)cc1C. The van der Waals surface area contributed by atoms with E-state index in [1.165, 1.54) is 5.56 Å². The minimum absolute atomic E-state index is 0.126. The van der Waals surface area contributed by atoms with Crippen LogP contribution in [-0.4, -0.2) is 36.9 Å². The quantitative estimate of drug-likeness (QED) is 0.685. The number of aryl methyl sites for hydroxylation is 3. The Labute approximate surface area is 174 Å². The Kier molecular flexibility index (Phi) is 7.97. The van der Waals surface area contributed by atoms with Crippen molar-refractivity contribution in [2.75, 3.05) is 30.8 Å². The Bertz CT molecular complexity index is 853. The lowest BCUT2D eigenvalue weighted by Crippen LogP contribution is -2.36. The predicted molar refractivity (Wildman–Crippen MR) is 121 cm³/mol. The monoisotopic (exact) mass is 395 g/mol. The molecular weight excluding hydrogens is 362 g/mol. The molecule has 0 fully saturated rings. The van der Waals surface area contributed by atoms with Gasteiger partial charge >= 0.3 is 0 Å². The molecule has 0 aromatic heterocycles. The molecule has 0 saturated heterocycles. The van der Waals surface area contributed by atoms with E-state index in [1.54, 1.807) is 11.9 Å². The molecule has 2 N–H and O–H groups in total. The first-order valence-corrected chi connectivity index (χ1v) is 10.2. The number of amides is 2. The summed E-state index contributed by atoms with van der Waals surface area (Å²) >= 11 is 0. The number of benzene rings is 2. The Morgan fingerprint density at radius 3 is 2.10 bits per heavy atom. The molecule has 0 radical (unpaired) electrons. The molecule has 2 aromatic rings. The van der Waals surface area contributed by atoms with E-state index in [0.717, 1.165) is 34.5 Å². The van der Waals surface area contributed by atoms with Gasteiger partial charge in [-0.1, -0.05) is 49.7 Å². The van der Waals surface area contributed by atoms with Crippen LogP contribution in [0.15, 0.2) is 36.4 Å². The van der Waals surface area contributed by atoms with Crippen molar-refractivity contribution >= 4 is 23.2 Å². The highest BCUT2D eigenvalue weighted by atomic mass is 16.2. The van der Waals surface area contributed by atoms with Crippen molar-refractivity contribution in [2.45, 2.75) is 47.0 Å². The number of carbonyl (C=O) groups is 2. The van der Waals surface area contributed by atoms with Crippen molar-refractivity contribution in [1.29, 1.82) is 0 Å². The van der Waals surface area contributed by atoms with Gasteiger partial charge in [-0.15, -0.1) is 0 Å². The Hall–Kier alpha value is -2.66. The second-order valence-corrected chi connectivity index (χ2v) is 7.94. The van der Waals surface area contributed by atoms with Gasteiger partial charge in [-0.3, -0.25) is 14.5 Å². The van der Waals surface area contributed by atoms with Gasteiger partial charge in [0.25, 0.3) is 0 Å². The molecule has 2 amide bonds. The first-order valence-electron chi connectivity index (χ1n) is 10.2. The van der Waals surface area contributed by atoms with Gasteiger partial charge in [0.15, 0.2) is 0 Å². The third-order valence-corrected chi connectivity index (χ3v) is 5.15. The second-order valence-electron chi connectivity index (χ2n) is 7.94. The average Bonchev–Trinajstić information content (AvgIpc) is 2.64. The second kappa shape index (κ2) is 10.2. The minimum atomic E-state index is -0.129. The summed E-state index contributed by atoms with van der Waals surface area (Å²) in [6.45, 7) is 10.6. The summed E-state index contributed by atoms with van der Waals surface area (Å²) in [5.74, 6) is 0.116. The van der Waals surface area contributed by atoms with Gasteiger partial charge in [0, 0.05) is 11.4 Å². The zero-order chi connectivity index (χ0) is 21.6. The molecule has 5 nitrogen and oxygen atoms in total. The number of nitrogens with zero attached hydrogens (tertiary/aromatic N) is 1. The van der Waals surface area contributed by atoms with Crippen LogP contribution in [0.4, 0.5) is 11.4 Å². The van der Waals surface area contributed by atoms with Crippen molar-refractivity contribution in [3.05, 3.63) is 58.7 Å². The molecule has 2 aromatic carbocycles. The maximum atomic E-state index is 12.5. The average molecular weight is 396 g/mol. The zero-order valence-electron chi connectivity index (χ0n) is 18.4. The third kappa shape index (κ3) is 6.43. The molecule has 1 atom stereocenters. The van der Waals surface area contributed by atoms with E-state index in [-0.39, 0.29) is 24.9 Å². The molecule has 29 heavy (non-hydrogen) atoms. The summed E-state index contributed by atoms with van der Waals surface area (Å²) in [6.07, 6.45) is 1.00. The van der Waals surface area contributed by atoms with Crippen LogP contribution in [0.1, 0.15) is 48.4 Å². The van der Waals surface area contributed by atoms with Gasteiger partial charge < -0.3 is 10.6 Å². The molecule has 5 heteroatoms. The lowest BCUT2D eigenvalue weighted by Gasteiger charge is -2.19. The van der Waals surface area contributed by atoms with Crippen molar-refractivity contribution in [2.24, 2.45) is 0 Å². The molecule has 156 valence electrons. The summed E-state index contributed by atoms with van der Waals surface area (Å²) in [5.41, 5.74) is 6.07. The highest BCUT2D eigenvalue weighted by Gasteiger charge is 2.15. The standard InChI is InChI=1S/C24H33N3O2/c1-7-17(3)20-10-8-9-11-21(20)25-22(28)14-27(6)15-23(29)26-24-18(4)12-16(2)13-19(24)5/h8-13,17H,7,14-15H2,1-6H3,(H,25,28)(H,26,29)/t17-/m0/s1. The van der Waals surface area contributed by atoms with Crippen molar-refractivity contribution < 1.29 is 9.59 Å². The fourth-order valence-corrected chi connectivity index (χ4v) is 3.55. The molecule has 2 rings (SSSR count). The predicted octanol–water partition coefficient (Wildman–Crippen LogP) is 4.63. The maximum absolute atomic E-state index is 12.5. The van der Waals surface area contributed by atoms with Crippen LogP contribution in [0.25, 0.3) is 0 Å². The van der Waals surface area contributed by atoms with Crippen LogP contribution in [0.2, 0.25) is 0 Å². The van der Waals surface area contributed by atoms with E-state index < -0.39 is 0 Å². The van der Waals surface area contributed by atoms with Gasteiger partial charge in [-0.25, -0.2) is 0 Å². The molecule has 0 unspecified atom stereocenters. The van der Waals surface area contributed by atoms with Gasteiger partial charge in [0.05, 0.1) is 13.1 Å². The van der Waals surface area contributed by atoms with Gasteiger partial charge in [0.2, 0.25) is 11.8 Å². The van der Waals surface area contributed by atoms with E-state index >= 15 is 0 Å². The molecule has 0 saturated carbocycles. The van der Waals surface area contributed by atoms with Crippen molar-refractivity contribution in [3.63, 3.8) is 0 Å². The fourth-order valence-electron chi connectivity index (χ4n) is 3.55. The number of anilines is 2. The Morgan fingerprint density at radius 1 is 0.966 bits per heavy atom. The summed E-state index contributed by atoms with van der Waals surface area (Å²) in [6, 6.07) is 12.0. The first-order chi connectivity index (χ1) is 13.7. The van der Waals surface area contributed by atoms with E-state index in [1.807, 2.05) is 45.0 Å². The third-order valence-electron chi connectivity index (χ3n) is 5.15. The maximum Gasteiger partial charge on any atom is 0.238 e. The number of likely N-dealkylation sites (N-methyl/N-ethyl adjacent to an activating group) is 1. The van der Waals surface area contributed by atoms with Crippen LogP contribution < -0.4 is 10.6 Å². The smallest absolute Gasteiger partial charge is 0.238 e. The molecular formula is C24H33N3O2. The van der Waals surface area contributed by atoms with Crippen molar-refractivity contribution in [3.8, 4) is 0 Å². The number of hydrogen-bond donors (Lipinski definition) is 2. The molecule has 0 heterocycles. The highest BCUT2D eigenvalue weighted by Crippen LogP contribution is 2.26. The lowest BCUT2D eigenvalue weighted by atomic mass is 9.97. The number of para-hydroxylation sites is 1. The summed E-state index contributed by atoms with van der Waals surface area (Å²) in [5, 5.41) is 5.97. The van der Waals surface area contributed by atoms with Gasteiger partial charge in [-0.2, -0.15) is 0 Å². The van der Waals surface area contributed by atoms with Crippen LogP contribution in [-0.2, 0) is 9.59 Å². The highest BCUT2D eigenvalue weighted by molar-refractivity contribution is 5.95. The lowest BCUT2D eigenvalue weighted by molar-refractivity contribution is -0.119. The zero-order valence-corrected chi connectivity index (χ0v) is 18.4. The summed E-state index contributed by atoms with van der Waals surface area (Å²) in [4.78, 5) is 26.7. The Morgan fingerprint density at radius 2 is 1.52 bits per heavy atom. The summed E-state index contributed by atoms with van der Waals surface area (Å²) < 4.78 is 0. The fraction of sp³-hybridized carbons (Fsp3) is 0.417. The van der Waals surface area contributed by atoms with E-state index in [0.29, 0.717) is 5.92 Å². The Balaban J connectivity index is 1.93. The molecule has 0 spiro atoms. The van der Waals surface area contributed by atoms with Crippen LogP contribution >= 0.6 is 0 Å². The number of carbonyl (C=O) groups excluding carboxylic acids is 2. The van der Waals surface area contributed by atoms with Crippen LogP contribution in [0.3, 0.4) is 0 Å². The normalized spacial score (nSPS) is 12.0. The first kappa shape index (κ1) is 22.6. The topological polar surface area (TPSA) is 61.4 Å². The molecule has 0 aliphatic heterocycles.